The van der Waals surface area contributed by atoms with Crippen LogP contribution in [0.1, 0.15) is 59.4 Å². The SMILES string of the molecule is C[C@@H]1CN([C@H](C)CO)C(=O)c2cc(C3=CCCC3)cnc2O[C@H]1CN(C)C(=O)c1cccnc1. The number of likely N-dealkylation sites (N-methyl/N-ethyl adjacent to an activating group) is 1. The van der Waals surface area contributed by atoms with Gasteiger partial charge in [-0.15, -0.1) is 0 Å². The highest BCUT2D eigenvalue weighted by Gasteiger charge is 2.35. The maximum Gasteiger partial charge on any atom is 0.259 e. The fourth-order valence-corrected chi connectivity index (χ4v) is 4.49. The molecule has 1 aliphatic heterocycles. The van der Waals surface area contributed by atoms with E-state index in [0.717, 1.165) is 24.8 Å². The van der Waals surface area contributed by atoms with Crippen LogP contribution in [-0.4, -0.2) is 75.6 Å². The van der Waals surface area contributed by atoms with Gasteiger partial charge in [-0.3, -0.25) is 14.6 Å². The van der Waals surface area contributed by atoms with E-state index in [0.29, 0.717) is 24.2 Å². The lowest BCUT2D eigenvalue weighted by molar-refractivity contribution is 0.0313. The number of aliphatic hydroxyl groups is 1. The highest BCUT2D eigenvalue weighted by atomic mass is 16.5. The molecule has 2 aromatic heterocycles. The summed E-state index contributed by atoms with van der Waals surface area (Å²) in [4.78, 5) is 38.3. The van der Waals surface area contributed by atoms with Gasteiger partial charge in [0, 0.05) is 38.1 Å². The Bertz CT molecular complexity index is 1070. The average molecular weight is 465 g/mol. The van der Waals surface area contributed by atoms with Crippen molar-refractivity contribution in [1.82, 2.24) is 19.8 Å². The Morgan fingerprint density at radius 3 is 2.88 bits per heavy atom. The van der Waals surface area contributed by atoms with Crippen LogP contribution < -0.4 is 4.74 Å². The van der Waals surface area contributed by atoms with Crippen LogP contribution >= 0.6 is 0 Å². The van der Waals surface area contributed by atoms with Crippen molar-refractivity contribution in [3.05, 3.63) is 59.6 Å². The van der Waals surface area contributed by atoms with Crippen LogP contribution in [0.3, 0.4) is 0 Å². The van der Waals surface area contributed by atoms with Crippen LogP contribution in [0, 0.1) is 5.92 Å². The van der Waals surface area contributed by atoms with E-state index in [2.05, 4.69) is 16.0 Å². The second-order valence-electron chi connectivity index (χ2n) is 9.25. The Morgan fingerprint density at radius 1 is 1.38 bits per heavy atom. The van der Waals surface area contributed by atoms with E-state index in [1.165, 1.54) is 5.57 Å². The van der Waals surface area contributed by atoms with Gasteiger partial charge in [-0.2, -0.15) is 0 Å². The molecule has 2 amide bonds. The van der Waals surface area contributed by atoms with Crippen molar-refractivity contribution >= 4 is 17.4 Å². The number of hydrogen-bond donors (Lipinski definition) is 1. The summed E-state index contributed by atoms with van der Waals surface area (Å²) in [5.74, 6) is -0.190. The fraction of sp³-hybridized carbons (Fsp3) is 0.462. The van der Waals surface area contributed by atoms with Crippen molar-refractivity contribution in [2.45, 2.75) is 45.3 Å². The van der Waals surface area contributed by atoms with Gasteiger partial charge >= 0.3 is 0 Å². The van der Waals surface area contributed by atoms with Crippen LogP contribution in [0.5, 0.6) is 5.88 Å². The first kappa shape index (κ1) is 23.9. The van der Waals surface area contributed by atoms with Crippen LogP contribution in [0.25, 0.3) is 5.57 Å². The molecule has 3 atom stereocenters. The summed E-state index contributed by atoms with van der Waals surface area (Å²) in [6.45, 7) is 4.39. The van der Waals surface area contributed by atoms with E-state index >= 15 is 0 Å². The number of nitrogens with zero attached hydrogens (tertiary/aromatic N) is 4. The number of aliphatic hydroxyl groups excluding tert-OH is 1. The Labute approximate surface area is 200 Å². The molecule has 0 radical (unpaired) electrons. The van der Waals surface area contributed by atoms with Crippen molar-refractivity contribution in [2.24, 2.45) is 5.92 Å². The molecular weight excluding hydrogens is 432 g/mol. The van der Waals surface area contributed by atoms with Gasteiger partial charge in [0.15, 0.2) is 0 Å². The summed E-state index contributed by atoms with van der Waals surface area (Å²) in [7, 11) is 1.73. The predicted molar refractivity (Wildman–Crippen MR) is 128 cm³/mol. The molecule has 0 saturated heterocycles. The summed E-state index contributed by atoms with van der Waals surface area (Å²) < 4.78 is 6.31. The minimum Gasteiger partial charge on any atom is -0.472 e. The fourth-order valence-electron chi connectivity index (χ4n) is 4.49. The molecule has 180 valence electrons. The van der Waals surface area contributed by atoms with Gasteiger partial charge in [0.1, 0.15) is 11.7 Å². The third-order valence-electron chi connectivity index (χ3n) is 6.64. The first-order chi connectivity index (χ1) is 16.4. The van der Waals surface area contributed by atoms with Gasteiger partial charge in [-0.25, -0.2) is 4.98 Å². The lowest BCUT2D eigenvalue weighted by Crippen LogP contribution is -2.50. The van der Waals surface area contributed by atoms with Gasteiger partial charge in [0.2, 0.25) is 5.88 Å². The maximum atomic E-state index is 13.5. The number of aromatic nitrogens is 2. The third kappa shape index (κ3) is 4.97. The number of carbonyl (C=O) groups is 2. The van der Waals surface area contributed by atoms with Crippen molar-refractivity contribution in [2.75, 3.05) is 26.7 Å². The quantitative estimate of drug-likeness (QED) is 0.706. The zero-order chi connectivity index (χ0) is 24.2. The molecule has 34 heavy (non-hydrogen) atoms. The zero-order valence-electron chi connectivity index (χ0n) is 20.0. The molecule has 2 aromatic rings. The number of allylic oxidation sites excluding steroid dienone is 2. The van der Waals surface area contributed by atoms with Crippen LogP contribution in [0.4, 0.5) is 0 Å². The first-order valence-electron chi connectivity index (χ1n) is 11.8. The normalized spacial score (nSPS) is 21.1. The molecule has 0 spiro atoms. The van der Waals surface area contributed by atoms with Crippen LogP contribution in [-0.2, 0) is 0 Å². The minimum atomic E-state index is -0.394. The lowest BCUT2D eigenvalue weighted by Gasteiger charge is -2.37. The standard InChI is InChI=1S/C26H32N4O4/c1-17-14-30(18(2)16-31)26(33)22-11-21(19-7-4-5-8-19)13-28-24(22)34-23(17)15-29(3)25(32)20-9-6-10-27-12-20/h6-7,9-13,17-18,23,31H,4-5,8,14-16H2,1-3H3/t17-,18-,23+/m1/s1. The summed E-state index contributed by atoms with van der Waals surface area (Å²) in [5.41, 5.74) is 3.02. The highest BCUT2D eigenvalue weighted by Crippen LogP contribution is 2.32. The van der Waals surface area contributed by atoms with Gasteiger partial charge in [-0.05, 0) is 55.5 Å². The second-order valence-corrected chi connectivity index (χ2v) is 9.25. The third-order valence-corrected chi connectivity index (χ3v) is 6.64. The van der Waals surface area contributed by atoms with E-state index in [4.69, 9.17) is 4.74 Å². The summed E-state index contributed by atoms with van der Waals surface area (Å²) >= 11 is 0. The molecule has 2 aliphatic rings. The smallest absolute Gasteiger partial charge is 0.259 e. The molecule has 8 nitrogen and oxygen atoms in total. The Balaban J connectivity index is 1.65. The van der Waals surface area contributed by atoms with Crippen molar-refractivity contribution in [3.8, 4) is 5.88 Å². The van der Waals surface area contributed by atoms with Crippen LogP contribution in [0.2, 0.25) is 0 Å². The summed E-state index contributed by atoms with van der Waals surface area (Å²) in [6, 6.07) is 4.96. The van der Waals surface area contributed by atoms with Crippen molar-refractivity contribution in [3.63, 3.8) is 0 Å². The molecule has 1 aliphatic carbocycles. The number of ether oxygens (including phenoxy) is 1. The Morgan fingerprint density at radius 2 is 2.21 bits per heavy atom. The lowest BCUT2D eigenvalue weighted by atomic mass is 9.99. The van der Waals surface area contributed by atoms with E-state index in [-0.39, 0.29) is 36.3 Å². The molecular formula is C26H32N4O4. The average Bonchev–Trinajstić information content (AvgIpc) is 3.40. The summed E-state index contributed by atoms with van der Waals surface area (Å²) in [6.07, 6.45) is 9.82. The van der Waals surface area contributed by atoms with E-state index in [9.17, 15) is 14.7 Å². The van der Waals surface area contributed by atoms with Gasteiger partial charge < -0.3 is 19.6 Å². The Kier molecular flexibility index (Phi) is 7.26. The number of pyridine rings is 2. The topological polar surface area (TPSA) is 95.9 Å². The molecule has 4 rings (SSSR count). The molecule has 0 aromatic carbocycles. The number of rotatable bonds is 6. The van der Waals surface area contributed by atoms with Gasteiger partial charge in [0.05, 0.1) is 24.8 Å². The molecule has 0 fully saturated rings. The zero-order valence-corrected chi connectivity index (χ0v) is 20.0. The first-order valence-corrected chi connectivity index (χ1v) is 11.8. The molecule has 8 heteroatoms. The second kappa shape index (κ2) is 10.3. The maximum absolute atomic E-state index is 13.5. The van der Waals surface area contributed by atoms with E-state index < -0.39 is 6.10 Å². The number of amides is 2. The largest absolute Gasteiger partial charge is 0.472 e. The van der Waals surface area contributed by atoms with Gasteiger partial charge in [0.25, 0.3) is 11.8 Å². The number of fused-ring (bicyclic) bond motifs is 1. The number of hydrogen-bond acceptors (Lipinski definition) is 6. The molecule has 1 N–H and O–H groups in total. The van der Waals surface area contributed by atoms with Crippen molar-refractivity contribution < 1.29 is 19.4 Å². The Hall–Kier alpha value is -3.26. The predicted octanol–water partition coefficient (Wildman–Crippen LogP) is 3.04. The highest BCUT2D eigenvalue weighted by molar-refractivity contribution is 5.97. The van der Waals surface area contributed by atoms with Crippen molar-refractivity contribution in [1.29, 1.82) is 0 Å². The molecule has 0 bridgehead atoms. The molecule has 0 saturated carbocycles. The molecule has 3 heterocycles. The van der Waals surface area contributed by atoms with E-state index in [1.807, 2.05) is 19.9 Å². The van der Waals surface area contributed by atoms with E-state index in [1.54, 1.807) is 47.6 Å². The van der Waals surface area contributed by atoms with Gasteiger partial charge in [-0.1, -0.05) is 13.0 Å². The van der Waals surface area contributed by atoms with Crippen LogP contribution in [0.15, 0.2) is 42.9 Å². The summed E-state index contributed by atoms with van der Waals surface area (Å²) in [5, 5.41) is 9.83. The monoisotopic (exact) mass is 464 g/mol. The molecule has 0 unspecified atom stereocenters. The minimum absolute atomic E-state index is 0.103. The number of carbonyl (C=O) groups excluding carboxylic acids is 2.